The monoisotopic (exact) mass is 270 g/mol. The first-order valence-corrected chi connectivity index (χ1v) is 6.22. The van der Waals surface area contributed by atoms with Crippen LogP contribution in [0.4, 0.5) is 0 Å². The highest BCUT2D eigenvalue weighted by Gasteiger charge is 2.05. The van der Waals surface area contributed by atoms with Gasteiger partial charge in [0, 0.05) is 10.2 Å². The van der Waals surface area contributed by atoms with Crippen LogP contribution < -0.4 is 0 Å². The summed E-state index contributed by atoms with van der Waals surface area (Å²) in [6, 6.07) is 8.44. The van der Waals surface area contributed by atoms with Gasteiger partial charge < -0.3 is 4.31 Å². The largest absolute Gasteiger partial charge is 0.305 e. The number of hydrogen-bond acceptors (Lipinski definition) is 3. The second kappa shape index (κ2) is 4.84. The lowest BCUT2D eigenvalue weighted by molar-refractivity contribution is 0.747. The quantitative estimate of drug-likeness (QED) is 0.785. The fraction of sp³-hybridized carbons (Fsp3) is 0.300. The van der Waals surface area contributed by atoms with Gasteiger partial charge >= 0.3 is 0 Å². The highest BCUT2D eigenvalue weighted by Crippen LogP contribution is 2.19. The van der Waals surface area contributed by atoms with E-state index in [0.717, 1.165) is 23.3 Å². The van der Waals surface area contributed by atoms with Gasteiger partial charge in [0.25, 0.3) is 0 Å². The average molecular weight is 271 g/mol. The summed E-state index contributed by atoms with van der Waals surface area (Å²) >= 11 is 5.24. The molecule has 1 aliphatic heterocycles. The Labute approximate surface area is 96.7 Å². The molecule has 0 fully saturated rings. The zero-order chi connectivity index (χ0) is 9.80. The minimum absolute atomic E-state index is 0.938. The van der Waals surface area contributed by atoms with Crippen molar-refractivity contribution < 1.29 is 0 Å². The summed E-state index contributed by atoms with van der Waals surface area (Å²) < 4.78 is 3.32. The lowest BCUT2D eigenvalue weighted by Gasteiger charge is -2.11. The molecular weight excluding hydrogens is 260 g/mol. The first-order chi connectivity index (χ1) is 6.84. The predicted molar refractivity (Wildman–Crippen MR) is 65.5 cm³/mol. The molecule has 1 heterocycles. The van der Waals surface area contributed by atoms with Crippen LogP contribution >= 0.6 is 27.9 Å². The average Bonchev–Trinajstić information content (AvgIpc) is 2.70. The van der Waals surface area contributed by atoms with Crippen molar-refractivity contribution in [3.63, 3.8) is 0 Å². The van der Waals surface area contributed by atoms with Gasteiger partial charge in [0.05, 0.1) is 19.4 Å². The zero-order valence-electron chi connectivity index (χ0n) is 7.69. The van der Waals surface area contributed by atoms with E-state index in [1.54, 1.807) is 0 Å². The third-order valence-corrected chi connectivity index (χ3v) is 3.57. The Hall–Kier alpha value is -0.480. The molecule has 0 saturated carbocycles. The fourth-order valence-electron chi connectivity index (χ4n) is 1.20. The van der Waals surface area contributed by atoms with Gasteiger partial charge in [-0.05, 0) is 29.6 Å². The number of rotatable bonds is 3. The smallest absolute Gasteiger partial charge is 0.0950 e. The molecule has 1 aromatic carbocycles. The topological polar surface area (TPSA) is 15.6 Å². The van der Waals surface area contributed by atoms with Gasteiger partial charge in [-0.3, -0.25) is 4.99 Å². The third-order valence-electron chi connectivity index (χ3n) is 1.97. The van der Waals surface area contributed by atoms with Crippen LogP contribution in [0.25, 0.3) is 0 Å². The minimum atomic E-state index is 0.938. The summed E-state index contributed by atoms with van der Waals surface area (Å²) in [7, 11) is 0. The van der Waals surface area contributed by atoms with E-state index in [9.17, 15) is 0 Å². The summed E-state index contributed by atoms with van der Waals surface area (Å²) in [5, 5.41) is 0. The summed E-state index contributed by atoms with van der Waals surface area (Å²) in [6.07, 6.45) is 1.92. The Morgan fingerprint density at radius 1 is 1.36 bits per heavy atom. The summed E-state index contributed by atoms with van der Waals surface area (Å²) in [5.74, 6) is 1.01. The van der Waals surface area contributed by atoms with E-state index in [-0.39, 0.29) is 0 Å². The van der Waals surface area contributed by atoms with E-state index < -0.39 is 0 Å². The van der Waals surface area contributed by atoms with Crippen molar-refractivity contribution in [2.24, 2.45) is 4.99 Å². The summed E-state index contributed by atoms with van der Waals surface area (Å²) in [4.78, 5) is 4.16. The van der Waals surface area contributed by atoms with Crippen molar-refractivity contribution in [2.75, 3.05) is 13.1 Å². The number of benzene rings is 1. The van der Waals surface area contributed by atoms with Crippen LogP contribution in [0, 0.1) is 0 Å². The Kier molecular flexibility index (Phi) is 3.48. The van der Waals surface area contributed by atoms with Crippen LogP contribution in [-0.2, 0) is 5.75 Å². The first-order valence-electron chi connectivity index (χ1n) is 4.48. The fourth-order valence-corrected chi connectivity index (χ4v) is 2.31. The van der Waals surface area contributed by atoms with Crippen molar-refractivity contribution >= 4 is 34.2 Å². The first kappa shape index (κ1) is 10.1. The maximum Gasteiger partial charge on any atom is 0.0950 e. The summed E-state index contributed by atoms with van der Waals surface area (Å²) in [5.41, 5.74) is 1.35. The van der Waals surface area contributed by atoms with E-state index in [1.807, 2.05) is 18.3 Å². The van der Waals surface area contributed by atoms with Crippen LogP contribution in [0.2, 0.25) is 0 Å². The molecule has 0 aliphatic carbocycles. The molecule has 4 heteroatoms. The predicted octanol–water partition coefficient (Wildman–Crippen LogP) is 2.94. The van der Waals surface area contributed by atoms with Crippen LogP contribution in [0.15, 0.2) is 33.7 Å². The second-order valence-corrected chi connectivity index (χ2v) is 4.99. The Morgan fingerprint density at radius 3 is 2.79 bits per heavy atom. The van der Waals surface area contributed by atoms with Gasteiger partial charge in [-0.1, -0.05) is 28.1 Å². The van der Waals surface area contributed by atoms with Gasteiger partial charge in [0.15, 0.2) is 0 Å². The van der Waals surface area contributed by atoms with Gasteiger partial charge in [-0.15, -0.1) is 0 Å². The Balaban J connectivity index is 1.85. The number of hydrogen-bond donors (Lipinski definition) is 0. The van der Waals surface area contributed by atoms with E-state index in [2.05, 4.69) is 49.5 Å². The molecule has 2 nitrogen and oxygen atoms in total. The lowest BCUT2D eigenvalue weighted by Crippen LogP contribution is -2.10. The molecule has 0 unspecified atom stereocenters. The molecule has 0 amide bonds. The van der Waals surface area contributed by atoms with Crippen molar-refractivity contribution in [1.82, 2.24) is 4.31 Å². The minimum Gasteiger partial charge on any atom is -0.305 e. The van der Waals surface area contributed by atoms with Gasteiger partial charge in [-0.2, -0.15) is 0 Å². The lowest BCUT2D eigenvalue weighted by atomic mass is 10.2. The molecular formula is C10H11BrN2S. The molecule has 0 bridgehead atoms. The van der Waals surface area contributed by atoms with E-state index in [0.29, 0.717) is 0 Å². The van der Waals surface area contributed by atoms with E-state index >= 15 is 0 Å². The maximum atomic E-state index is 4.16. The molecule has 2 rings (SSSR count). The Bertz CT molecular complexity index is 323. The molecule has 0 saturated heterocycles. The number of halogens is 1. The molecule has 74 valence electrons. The van der Waals surface area contributed by atoms with Gasteiger partial charge in [0.2, 0.25) is 0 Å². The standard InChI is InChI=1S/C10H11BrN2S/c11-10-3-1-9(2-4-10)7-14-13-6-5-12-8-13/h1-4,8H,5-7H2. The molecule has 0 atom stereocenters. The SMILES string of the molecule is Brc1ccc(CSN2C=NCC2)cc1. The van der Waals surface area contributed by atoms with Crippen LogP contribution in [0.5, 0.6) is 0 Å². The van der Waals surface area contributed by atoms with Crippen molar-refractivity contribution in [2.45, 2.75) is 5.75 Å². The number of nitrogens with zero attached hydrogens (tertiary/aromatic N) is 2. The van der Waals surface area contributed by atoms with Crippen LogP contribution in [0.3, 0.4) is 0 Å². The zero-order valence-corrected chi connectivity index (χ0v) is 10.1. The van der Waals surface area contributed by atoms with Gasteiger partial charge in [-0.25, -0.2) is 0 Å². The van der Waals surface area contributed by atoms with E-state index in [4.69, 9.17) is 0 Å². The molecule has 0 N–H and O–H groups in total. The van der Waals surface area contributed by atoms with Crippen LogP contribution in [0.1, 0.15) is 5.56 Å². The van der Waals surface area contributed by atoms with Crippen molar-refractivity contribution in [3.8, 4) is 0 Å². The molecule has 0 aromatic heterocycles. The third kappa shape index (κ3) is 2.75. The van der Waals surface area contributed by atoms with Gasteiger partial charge in [0.1, 0.15) is 0 Å². The maximum absolute atomic E-state index is 4.16. The van der Waals surface area contributed by atoms with E-state index in [1.165, 1.54) is 5.56 Å². The highest BCUT2D eigenvalue weighted by atomic mass is 79.9. The Morgan fingerprint density at radius 2 is 2.14 bits per heavy atom. The molecule has 0 radical (unpaired) electrons. The van der Waals surface area contributed by atoms with Crippen molar-refractivity contribution in [1.29, 1.82) is 0 Å². The molecule has 1 aromatic rings. The number of aliphatic imine (C=N–C) groups is 1. The van der Waals surface area contributed by atoms with Crippen molar-refractivity contribution in [3.05, 3.63) is 34.3 Å². The highest BCUT2D eigenvalue weighted by molar-refractivity contribution is 9.10. The second-order valence-electron chi connectivity index (χ2n) is 3.06. The summed E-state index contributed by atoms with van der Waals surface area (Å²) in [6.45, 7) is 1.98. The van der Waals surface area contributed by atoms with Crippen LogP contribution in [-0.4, -0.2) is 23.7 Å². The normalized spacial score (nSPS) is 15.1. The molecule has 1 aliphatic rings. The molecule has 0 spiro atoms. The molecule has 14 heavy (non-hydrogen) atoms.